The van der Waals surface area contributed by atoms with E-state index in [1.165, 1.54) is 56.4 Å². The molecule has 17 heavy (non-hydrogen) atoms. The van der Waals surface area contributed by atoms with Crippen LogP contribution in [0.4, 0.5) is 0 Å². The minimum absolute atomic E-state index is 0.564. The van der Waals surface area contributed by atoms with E-state index in [9.17, 15) is 0 Å². The molecule has 1 unspecified atom stereocenters. The van der Waals surface area contributed by atoms with Gasteiger partial charge in [-0.15, -0.1) is 0 Å². The van der Waals surface area contributed by atoms with Crippen LogP contribution in [0, 0.1) is 11.3 Å². The third-order valence-corrected chi connectivity index (χ3v) is 5.09. The Morgan fingerprint density at radius 2 is 2.18 bits per heavy atom. The van der Waals surface area contributed by atoms with Gasteiger partial charge in [-0.05, 0) is 55.9 Å². The zero-order valence-corrected chi connectivity index (χ0v) is 10.4. The fourth-order valence-corrected chi connectivity index (χ4v) is 3.61. The van der Waals surface area contributed by atoms with Gasteiger partial charge in [-0.25, -0.2) is 0 Å². The highest BCUT2D eigenvalue weighted by molar-refractivity contribution is 5.24. The number of hydrogen-bond donors (Lipinski definition) is 1. The van der Waals surface area contributed by atoms with Gasteiger partial charge in [-0.1, -0.05) is 0 Å². The van der Waals surface area contributed by atoms with Gasteiger partial charge in [0.1, 0.15) is 5.76 Å². The average Bonchev–Trinajstić information content (AvgIpc) is 3.24. The third kappa shape index (κ3) is 1.74. The van der Waals surface area contributed by atoms with Crippen LogP contribution < -0.4 is 5.32 Å². The number of hydrogen-bond acceptors (Lipinski definition) is 2. The Labute approximate surface area is 103 Å². The second-order valence-electron chi connectivity index (χ2n) is 6.26. The maximum absolute atomic E-state index is 5.55. The lowest BCUT2D eigenvalue weighted by Gasteiger charge is -2.25. The predicted octanol–water partition coefficient (Wildman–Crippen LogP) is 3.44. The fraction of sp³-hybridized carbons (Fsp3) is 0.733. The summed E-state index contributed by atoms with van der Waals surface area (Å²) in [6, 6.07) is 2.73. The summed E-state index contributed by atoms with van der Waals surface area (Å²) in [6.07, 6.45) is 11.5. The summed E-state index contributed by atoms with van der Waals surface area (Å²) in [6.45, 7) is 1.24. The normalized spacial score (nSPS) is 30.0. The molecule has 2 saturated carbocycles. The summed E-state index contributed by atoms with van der Waals surface area (Å²) in [4.78, 5) is 0. The number of fused-ring (bicyclic) bond motifs is 1. The molecule has 1 aromatic heterocycles. The van der Waals surface area contributed by atoms with E-state index in [1.54, 1.807) is 0 Å². The van der Waals surface area contributed by atoms with Crippen molar-refractivity contribution in [2.75, 3.05) is 6.54 Å². The quantitative estimate of drug-likeness (QED) is 0.858. The highest BCUT2D eigenvalue weighted by Crippen LogP contribution is 2.61. The SMILES string of the molecule is c1cc2c(o1)CCCC2NCC1(C2CC2)CC1. The average molecular weight is 231 g/mol. The molecule has 1 heterocycles. The summed E-state index contributed by atoms with van der Waals surface area (Å²) in [7, 11) is 0. The van der Waals surface area contributed by atoms with Crippen molar-refractivity contribution in [2.45, 2.75) is 51.0 Å². The molecule has 4 rings (SSSR count). The van der Waals surface area contributed by atoms with Gasteiger partial charge in [0.25, 0.3) is 0 Å². The van der Waals surface area contributed by atoms with E-state index in [2.05, 4.69) is 11.4 Å². The van der Waals surface area contributed by atoms with Gasteiger partial charge in [0.2, 0.25) is 0 Å². The molecule has 1 N–H and O–H groups in total. The largest absolute Gasteiger partial charge is 0.469 e. The zero-order valence-electron chi connectivity index (χ0n) is 10.4. The first-order valence-corrected chi connectivity index (χ1v) is 7.17. The molecule has 0 amide bonds. The highest BCUT2D eigenvalue weighted by Gasteiger charge is 2.53. The van der Waals surface area contributed by atoms with Crippen LogP contribution in [-0.2, 0) is 6.42 Å². The lowest BCUT2D eigenvalue weighted by Crippen LogP contribution is -2.31. The summed E-state index contributed by atoms with van der Waals surface area (Å²) in [5.74, 6) is 2.28. The number of nitrogens with one attached hydrogen (secondary N) is 1. The summed E-state index contributed by atoms with van der Waals surface area (Å²) in [5.41, 5.74) is 2.14. The number of aryl methyl sites for hydroxylation is 1. The Balaban J connectivity index is 1.44. The molecule has 1 aromatic rings. The molecular weight excluding hydrogens is 210 g/mol. The number of furan rings is 1. The van der Waals surface area contributed by atoms with Crippen molar-refractivity contribution in [2.24, 2.45) is 11.3 Å². The molecule has 0 aromatic carbocycles. The molecule has 2 nitrogen and oxygen atoms in total. The van der Waals surface area contributed by atoms with Crippen LogP contribution in [0.1, 0.15) is 55.9 Å². The van der Waals surface area contributed by atoms with E-state index >= 15 is 0 Å². The molecule has 2 heteroatoms. The third-order valence-electron chi connectivity index (χ3n) is 5.09. The van der Waals surface area contributed by atoms with Crippen LogP contribution >= 0.6 is 0 Å². The monoisotopic (exact) mass is 231 g/mol. The molecule has 3 aliphatic rings. The Kier molecular flexibility index (Phi) is 2.17. The Bertz CT molecular complexity index is 414. The van der Waals surface area contributed by atoms with Gasteiger partial charge in [0, 0.05) is 24.6 Å². The van der Waals surface area contributed by atoms with Crippen LogP contribution in [0.3, 0.4) is 0 Å². The van der Waals surface area contributed by atoms with Crippen LogP contribution in [-0.4, -0.2) is 6.54 Å². The van der Waals surface area contributed by atoms with Gasteiger partial charge >= 0.3 is 0 Å². The first kappa shape index (κ1) is 10.2. The molecular formula is C15H21NO. The van der Waals surface area contributed by atoms with Gasteiger partial charge in [0.15, 0.2) is 0 Å². The fourth-order valence-electron chi connectivity index (χ4n) is 3.61. The Morgan fingerprint density at radius 1 is 1.29 bits per heavy atom. The van der Waals surface area contributed by atoms with E-state index in [-0.39, 0.29) is 0 Å². The standard InChI is InChI=1S/C15H21NO/c1-2-13(12-6-9-17-14(12)3-1)16-10-15(7-8-15)11-4-5-11/h6,9,11,13,16H,1-5,7-8,10H2. The lowest BCUT2D eigenvalue weighted by molar-refractivity contribution is 0.346. The van der Waals surface area contributed by atoms with E-state index in [0.29, 0.717) is 11.5 Å². The molecule has 0 radical (unpaired) electrons. The summed E-state index contributed by atoms with van der Waals surface area (Å²) in [5, 5.41) is 3.83. The summed E-state index contributed by atoms with van der Waals surface area (Å²) >= 11 is 0. The molecule has 0 bridgehead atoms. The van der Waals surface area contributed by atoms with Gasteiger partial charge in [-0.3, -0.25) is 0 Å². The van der Waals surface area contributed by atoms with Gasteiger partial charge in [0.05, 0.1) is 6.26 Å². The zero-order chi connectivity index (χ0) is 11.3. The van der Waals surface area contributed by atoms with Crippen molar-refractivity contribution < 1.29 is 4.42 Å². The van der Waals surface area contributed by atoms with Crippen LogP contribution in [0.15, 0.2) is 16.7 Å². The second-order valence-corrected chi connectivity index (χ2v) is 6.26. The molecule has 0 spiro atoms. The first-order valence-electron chi connectivity index (χ1n) is 7.17. The molecule has 0 saturated heterocycles. The summed E-state index contributed by atoms with van der Waals surface area (Å²) < 4.78 is 5.55. The van der Waals surface area contributed by atoms with Crippen molar-refractivity contribution in [3.8, 4) is 0 Å². The smallest absolute Gasteiger partial charge is 0.108 e. The maximum atomic E-state index is 5.55. The predicted molar refractivity (Wildman–Crippen MR) is 66.8 cm³/mol. The van der Waals surface area contributed by atoms with E-state index in [0.717, 1.165) is 12.3 Å². The van der Waals surface area contributed by atoms with Gasteiger partial charge in [-0.2, -0.15) is 0 Å². The minimum atomic E-state index is 0.564. The molecule has 3 aliphatic carbocycles. The van der Waals surface area contributed by atoms with Crippen molar-refractivity contribution in [3.05, 3.63) is 23.7 Å². The van der Waals surface area contributed by atoms with Crippen LogP contribution in [0.5, 0.6) is 0 Å². The van der Waals surface area contributed by atoms with Crippen molar-refractivity contribution in [1.29, 1.82) is 0 Å². The number of rotatable bonds is 4. The molecule has 2 fully saturated rings. The van der Waals surface area contributed by atoms with E-state index < -0.39 is 0 Å². The van der Waals surface area contributed by atoms with Crippen LogP contribution in [0.25, 0.3) is 0 Å². The Morgan fingerprint density at radius 3 is 2.94 bits per heavy atom. The molecule has 92 valence electrons. The Hall–Kier alpha value is -0.760. The van der Waals surface area contributed by atoms with Gasteiger partial charge < -0.3 is 9.73 Å². The van der Waals surface area contributed by atoms with Crippen molar-refractivity contribution >= 4 is 0 Å². The second kappa shape index (κ2) is 3.61. The molecule has 0 aliphatic heterocycles. The van der Waals surface area contributed by atoms with Crippen molar-refractivity contribution in [1.82, 2.24) is 5.32 Å². The van der Waals surface area contributed by atoms with E-state index in [1.807, 2.05) is 6.26 Å². The maximum Gasteiger partial charge on any atom is 0.108 e. The minimum Gasteiger partial charge on any atom is -0.469 e. The van der Waals surface area contributed by atoms with Crippen LogP contribution in [0.2, 0.25) is 0 Å². The lowest BCUT2D eigenvalue weighted by atomic mass is 9.92. The molecule has 1 atom stereocenters. The van der Waals surface area contributed by atoms with Crippen molar-refractivity contribution in [3.63, 3.8) is 0 Å². The van der Waals surface area contributed by atoms with E-state index in [4.69, 9.17) is 4.42 Å². The topological polar surface area (TPSA) is 25.2 Å². The highest BCUT2D eigenvalue weighted by atomic mass is 16.3. The first-order chi connectivity index (χ1) is 8.37.